The summed E-state index contributed by atoms with van der Waals surface area (Å²) in [5, 5.41) is 21.0. The van der Waals surface area contributed by atoms with Crippen molar-refractivity contribution in [3.8, 4) is 5.75 Å². The Morgan fingerprint density at radius 2 is 2.06 bits per heavy atom. The van der Waals surface area contributed by atoms with E-state index in [0.29, 0.717) is 11.1 Å². The molecule has 3 N–H and O–H groups in total. The standard InChI is InChI=1S/C12H13NO4/c1-12(2)8-5-6(14)3-4-7(8)10(15)13-9(12)11(16)17/h3-5,9,14H,1-2H3,(H,13,15)(H,16,17). The van der Waals surface area contributed by atoms with Crippen LogP contribution in [-0.4, -0.2) is 28.1 Å². The molecule has 1 aromatic carbocycles. The number of hydrogen-bond acceptors (Lipinski definition) is 3. The Bertz CT molecular complexity index is 507. The van der Waals surface area contributed by atoms with Crippen molar-refractivity contribution in [3.05, 3.63) is 29.3 Å². The summed E-state index contributed by atoms with van der Waals surface area (Å²) in [4.78, 5) is 22.9. The topological polar surface area (TPSA) is 86.6 Å². The predicted molar refractivity (Wildman–Crippen MR) is 60.0 cm³/mol. The van der Waals surface area contributed by atoms with Gasteiger partial charge in [0.2, 0.25) is 0 Å². The molecule has 5 heteroatoms. The second-order valence-corrected chi connectivity index (χ2v) is 4.70. The number of carbonyl (C=O) groups excluding carboxylic acids is 1. The normalized spacial score (nSPS) is 21.5. The van der Waals surface area contributed by atoms with Gasteiger partial charge in [-0.05, 0) is 23.8 Å². The lowest BCUT2D eigenvalue weighted by molar-refractivity contribution is -0.141. The average Bonchev–Trinajstić information content (AvgIpc) is 2.23. The number of carboxylic acids is 1. The van der Waals surface area contributed by atoms with Gasteiger partial charge in [0.15, 0.2) is 0 Å². The van der Waals surface area contributed by atoms with Crippen LogP contribution in [0.5, 0.6) is 5.75 Å². The summed E-state index contributed by atoms with van der Waals surface area (Å²) in [6, 6.07) is 3.36. The third-order valence-corrected chi connectivity index (χ3v) is 3.19. The van der Waals surface area contributed by atoms with Gasteiger partial charge in [-0.1, -0.05) is 13.8 Å². The minimum absolute atomic E-state index is 0.0238. The van der Waals surface area contributed by atoms with E-state index in [1.807, 2.05) is 0 Å². The fourth-order valence-corrected chi connectivity index (χ4v) is 2.18. The fraction of sp³-hybridized carbons (Fsp3) is 0.333. The molecule has 0 aromatic heterocycles. The summed E-state index contributed by atoms with van der Waals surface area (Å²) in [5.41, 5.74) is 0.187. The number of phenolic OH excluding ortho intramolecular Hbond substituents is 1. The molecule has 0 saturated carbocycles. The molecule has 1 unspecified atom stereocenters. The maximum atomic E-state index is 11.7. The molecular formula is C12H13NO4. The van der Waals surface area contributed by atoms with Gasteiger partial charge in [-0.15, -0.1) is 0 Å². The van der Waals surface area contributed by atoms with Crippen LogP contribution in [0.15, 0.2) is 18.2 Å². The molecule has 1 heterocycles. The first-order valence-corrected chi connectivity index (χ1v) is 5.21. The Balaban J connectivity index is 2.64. The van der Waals surface area contributed by atoms with Gasteiger partial charge < -0.3 is 15.5 Å². The van der Waals surface area contributed by atoms with Crippen LogP contribution in [0.2, 0.25) is 0 Å². The third-order valence-electron chi connectivity index (χ3n) is 3.19. The highest BCUT2D eigenvalue weighted by molar-refractivity contribution is 6.01. The minimum Gasteiger partial charge on any atom is -0.508 e. The number of phenols is 1. The van der Waals surface area contributed by atoms with E-state index in [9.17, 15) is 14.7 Å². The molecule has 1 aliphatic heterocycles. The lowest BCUT2D eigenvalue weighted by Crippen LogP contribution is -2.56. The second-order valence-electron chi connectivity index (χ2n) is 4.70. The summed E-state index contributed by atoms with van der Waals surface area (Å²) >= 11 is 0. The molecule has 1 atom stereocenters. The van der Waals surface area contributed by atoms with E-state index >= 15 is 0 Å². The van der Waals surface area contributed by atoms with Crippen LogP contribution in [0.25, 0.3) is 0 Å². The van der Waals surface area contributed by atoms with Crippen LogP contribution in [-0.2, 0) is 10.2 Å². The molecular weight excluding hydrogens is 222 g/mol. The first-order valence-electron chi connectivity index (χ1n) is 5.21. The molecule has 5 nitrogen and oxygen atoms in total. The number of aliphatic carboxylic acids is 1. The number of carbonyl (C=O) groups is 2. The van der Waals surface area contributed by atoms with Crippen LogP contribution in [0.3, 0.4) is 0 Å². The SMILES string of the molecule is CC1(C)c2cc(O)ccc2C(=O)NC1C(=O)O. The van der Waals surface area contributed by atoms with Crippen molar-refractivity contribution in [3.63, 3.8) is 0 Å². The van der Waals surface area contributed by atoms with E-state index in [1.54, 1.807) is 13.8 Å². The van der Waals surface area contributed by atoms with Crippen LogP contribution in [0, 0.1) is 0 Å². The number of nitrogens with one attached hydrogen (secondary N) is 1. The maximum absolute atomic E-state index is 11.7. The van der Waals surface area contributed by atoms with Gasteiger partial charge in [0.05, 0.1) is 0 Å². The summed E-state index contributed by atoms with van der Waals surface area (Å²) in [6.45, 7) is 3.45. The van der Waals surface area contributed by atoms with E-state index in [-0.39, 0.29) is 5.75 Å². The number of hydrogen-bond donors (Lipinski definition) is 3. The Hall–Kier alpha value is -2.04. The molecule has 1 amide bonds. The van der Waals surface area contributed by atoms with Crippen molar-refractivity contribution < 1.29 is 19.8 Å². The minimum atomic E-state index is -1.09. The highest BCUT2D eigenvalue weighted by atomic mass is 16.4. The number of aromatic hydroxyl groups is 1. The molecule has 1 aliphatic rings. The molecule has 0 aliphatic carbocycles. The van der Waals surface area contributed by atoms with Gasteiger partial charge >= 0.3 is 5.97 Å². The van der Waals surface area contributed by atoms with Gasteiger partial charge in [0.25, 0.3) is 5.91 Å². The number of fused-ring (bicyclic) bond motifs is 1. The quantitative estimate of drug-likeness (QED) is 0.674. The number of carboxylic acid groups (broad SMARTS) is 1. The van der Waals surface area contributed by atoms with E-state index < -0.39 is 23.3 Å². The second kappa shape index (κ2) is 3.48. The lowest BCUT2D eigenvalue weighted by Gasteiger charge is -2.37. The summed E-state index contributed by atoms with van der Waals surface area (Å²) in [7, 11) is 0. The zero-order valence-electron chi connectivity index (χ0n) is 9.52. The van der Waals surface area contributed by atoms with Crippen molar-refractivity contribution in [1.29, 1.82) is 0 Å². The Kier molecular flexibility index (Phi) is 2.34. The molecule has 2 rings (SSSR count). The molecule has 17 heavy (non-hydrogen) atoms. The van der Waals surface area contributed by atoms with Gasteiger partial charge in [-0.3, -0.25) is 4.79 Å². The number of benzene rings is 1. The van der Waals surface area contributed by atoms with Crippen LogP contribution < -0.4 is 5.32 Å². The largest absolute Gasteiger partial charge is 0.508 e. The van der Waals surface area contributed by atoms with Gasteiger partial charge in [0.1, 0.15) is 11.8 Å². The molecule has 1 aromatic rings. The van der Waals surface area contributed by atoms with Gasteiger partial charge in [-0.25, -0.2) is 4.79 Å². The summed E-state index contributed by atoms with van der Waals surface area (Å²) in [6.07, 6.45) is 0. The molecule has 0 saturated heterocycles. The lowest BCUT2D eigenvalue weighted by atomic mass is 9.73. The highest BCUT2D eigenvalue weighted by Gasteiger charge is 2.44. The Labute approximate surface area is 98.1 Å². The van der Waals surface area contributed by atoms with Crippen LogP contribution >= 0.6 is 0 Å². The Morgan fingerprint density at radius 1 is 1.41 bits per heavy atom. The van der Waals surface area contributed by atoms with Gasteiger partial charge in [-0.2, -0.15) is 0 Å². The van der Waals surface area contributed by atoms with E-state index in [1.165, 1.54) is 18.2 Å². The number of rotatable bonds is 1. The first-order chi connectivity index (χ1) is 7.84. The average molecular weight is 235 g/mol. The highest BCUT2D eigenvalue weighted by Crippen LogP contribution is 2.35. The molecule has 90 valence electrons. The van der Waals surface area contributed by atoms with Crippen LogP contribution in [0.1, 0.15) is 29.8 Å². The van der Waals surface area contributed by atoms with E-state index in [4.69, 9.17) is 5.11 Å². The first kappa shape index (κ1) is 11.4. The van der Waals surface area contributed by atoms with Crippen LogP contribution in [0.4, 0.5) is 0 Å². The number of amides is 1. The Morgan fingerprint density at radius 3 is 2.65 bits per heavy atom. The maximum Gasteiger partial charge on any atom is 0.327 e. The zero-order valence-corrected chi connectivity index (χ0v) is 9.52. The molecule has 0 radical (unpaired) electrons. The zero-order chi connectivity index (χ0) is 12.8. The third kappa shape index (κ3) is 1.63. The fourth-order valence-electron chi connectivity index (χ4n) is 2.18. The van der Waals surface area contributed by atoms with E-state index in [2.05, 4.69) is 5.32 Å². The molecule has 0 bridgehead atoms. The summed E-state index contributed by atoms with van der Waals surface area (Å²) < 4.78 is 0. The monoisotopic (exact) mass is 235 g/mol. The van der Waals surface area contributed by atoms with Crippen molar-refractivity contribution in [1.82, 2.24) is 5.32 Å². The molecule has 0 fully saturated rings. The van der Waals surface area contributed by atoms with E-state index in [0.717, 1.165) is 0 Å². The van der Waals surface area contributed by atoms with Crippen molar-refractivity contribution in [2.24, 2.45) is 0 Å². The van der Waals surface area contributed by atoms with Gasteiger partial charge in [0, 0.05) is 11.0 Å². The van der Waals surface area contributed by atoms with Crippen molar-refractivity contribution in [2.75, 3.05) is 0 Å². The predicted octanol–water partition coefficient (Wildman–Crippen LogP) is 0.866. The molecule has 0 spiro atoms. The summed E-state index contributed by atoms with van der Waals surface area (Å²) in [5.74, 6) is -1.49. The smallest absolute Gasteiger partial charge is 0.327 e. The van der Waals surface area contributed by atoms with Crippen molar-refractivity contribution >= 4 is 11.9 Å². The van der Waals surface area contributed by atoms with Crippen molar-refractivity contribution in [2.45, 2.75) is 25.3 Å².